The fourth-order valence-corrected chi connectivity index (χ4v) is 4.31. The van der Waals surface area contributed by atoms with E-state index in [4.69, 9.17) is 5.53 Å². The lowest BCUT2D eigenvalue weighted by Gasteiger charge is -2.34. The first-order chi connectivity index (χ1) is 14.4. The summed E-state index contributed by atoms with van der Waals surface area (Å²) in [5.41, 5.74) is 8.66. The van der Waals surface area contributed by atoms with Gasteiger partial charge in [-0.1, -0.05) is 5.11 Å². The third kappa shape index (κ3) is 3.37. The summed E-state index contributed by atoms with van der Waals surface area (Å²) in [5.74, 6) is -3.15. The van der Waals surface area contributed by atoms with Gasteiger partial charge in [-0.15, -0.1) is 0 Å². The number of fused-ring (bicyclic) bond motifs is 1. The summed E-state index contributed by atoms with van der Waals surface area (Å²) in [4.78, 5) is 54.6. The maximum absolute atomic E-state index is 14.9. The Balaban J connectivity index is 1.61. The Morgan fingerprint density at radius 1 is 1.17 bits per heavy atom. The highest BCUT2D eigenvalue weighted by Gasteiger charge is 2.45. The normalized spacial score (nSPS) is 23.9. The Labute approximate surface area is 170 Å². The number of imide groups is 2. The van der Waals surface area contributed by atoms with Crippen molar-refractivity contribution in [3.05, 3.63) is 39.5 Å². The zero-order chi connectivity index (χ0) is 21.4. The second kappa shape index (κ2) is 7.75. The minimum Gasteiger partial charge on any atom is -0.369 e. The third-order valence-corrected chi connectivity index (χ3v) is 5.77. The van der Waals surface area contributed by atoms with Crippen molar-refractivity contribution in [2.45, 2.75) is 31.7 Å². The first-order valence-corrected chi connectivity index (χ1v) is 9.71. The summed E-state index contributed by atoms with van der Waals surface area (Å²) in [5, 5.41) is 5.72. The van der Waals surface area contributed by atoms with Crippen molar-refractivity contribution in [2.75, 3.05) is 24.5 Å². The molecule has 0 bridgehead atoms. The molecule has 4 rings (SSSR count). The summed E-state index contributed by atoms with van der Waals surface area (Å²) in [6, 6.07) is 1.30. The van der Waals surface area contributed by atoms with E-state index < -0.39 is 35.5 Å². The minimum atomic E-state index is -1.09. The maximum atomic E-state index is 14.9. The third-order valence-electron chi connectivity index (χ3n) is 5.77. The number of halogens is 1. The molecule has 1 aromatic carbocycles. The predicted molar refractivity (Wildman–Crippen MR) is 102 cm³/mol. The molecule has 3 heterocycles. The highest BCUT2D eigenvalue weighted by molar-refractivity contribution is 6.23. The van der Waals surface area contributed by atoms with E-state index in [2.05, 4.69) is 15.3 Å². The smallest absolute Gasteiger partial charge is 0.262 e. The van der Waals surface area contributed by atoms with Crippen LogP contribution in [0.1, 0.15) is 46.4 Å². The number of nitrogens with zero attached hydrogens (tertiary/aromatic N) is 5. The van der Waals surface area contributed by atoms with Gasteiger partial charge in [0.2, 0.25) is 11.8 Å². The molecule has 3 aliphatic heterocycles. The van der Waals surface area contributed by atoms with Gasteiger partial charge in [0.15, 0.2) is 0 Å². The van der Waals surface area contributed by atoms with Gasteiger partial charge in [0, 0.05) is 31.0 Å². The second-order valence-corrected chi connectivity index (χ2v) is 7.66. The lowest BCUT2D eigenvalue weighted by Crippen LogP contribution is -2.54. The Kier molecular flexibility index (Phi) is 5.13. The summed E-state index contributed by atoms with van der Waals surface area (Å²) in [6.45, 7) is 1.34. The molecule has 10 nitrogen and oxygen atoms in total. The number of piperidine rings is 2. The molecule has 2 fully saturated rings. The van der Waals surface area contributed by atoms with E-state index in [0.29, 0.717) is 19.6 Å². The number of hydrogen-bond donors (Lipinski definition) is 1. The molecule has 2 unspecified atom stereocenters. The molecular weight excluding hydrogens is 395 g/mol. The number of benzene rings is 1. The number of carbonyl (C=O) groups is 4. The van der Waals surface area contributed by atoms with Crippen LogP contribution in [0.5, 0.6) is 0 Å². The number of rotatable bonds is 4. The van der Waals surface area contributed by atoms with Crippen LogP contribution in [0, 0.1) is 11.7 Å². The van der Waals surface area contributed by atoms with Crippen molar-refractivity contribution >= 4 is 29.3 Å². The van der Waals surface area contributed by atoms with E-state index in [1.165, 1.54) is 6.07 Å². The van der Waals surface area contributed by atoms with Gasteiger partial charge in [0.05, 0.1) is 16.8 Å². The number of hydrogen-bond acceptors (Lipinski definition) is 6. The molecule has 156 valence electrons. The molecule has 1 aromatic rings. The van der Waals surface area contributed by atoms with Gasteiger partial charge in [-0.25, -0.2) is 4.39 Å². The zero-order valence-electron chi connectivity index (χ0n) is 16.0. The fraction of sp³-hybridized carbons (Fsp3) is 0.474. The molecule has 0 radical (unpaired) electrons. The topological polar surface area (TPSA) is 136 Å². The van der Waals surface area contributed by atoms with E-state index in [1.807, 2.05) is 0 Å². The van der Waals surface area contributed by atoms with Crippen LogP contribution in [0.25, 0.3) is 10.4 Å². The molecule has 0 spiro atoms. The molecule has 2 atom stereocenters. The van der Waals surface area contributed by atoms with E-state index in [1.54, 1.807) is 4.90 Å². The molecular formula is C19H19FN6O4. The number of anilines is 1. The van der Waals surface area contributed by atoms with Gasteiger partial charge >= 0.3 is 0 Å². The molecule has 0 aromatic heterocycles. The maximum Gasteiger partial charge on any atom is 0.262 e. The summed E-state index contributed by atoms with van der Waals surface area (Å²) >= 11 is 0. The van der Waals surface area contributed by atoms with Crippen LogP contribution in [-0.4, -0.2) is 54.2 Å². The van der Waals surface area contributed by atoms with E-state index in [9.17, 15) is 23.6 Å². The van der Waals surface area contributed by atoms with Crippen LogP contribution in [0.2, 0.25) is 0 Å². The van der Waals surface area contributed by atoms with Gasteiger partial charge < -0.3 is 4.90 Å². The van der Waals surface area contributed by atoms with Gasteiger partial charge in [-0.2, -0.15) is 0 Å². The van der Waals surface area contributed by atoms with Crippen molar-refractivity contribution in [1.29, 1.82) is 0 Å². The Bertz CT molecular complexity index is 1000. The molecule has 0 aliphatic carbocycles. The number of amides is 4. The zero-order valence-corrected chi connectivity index (χ0v) is 16.0. The first-order valence-electron chi connectivity index (χ1n) is 9.71. The minimum absolute atomic E-state index is 0.0176. The van der Waals surface area contributed by atoms with Gasteiger partial charge in [-0.3, -0.25) is 29.4 Å². The molecule has 3 aliphatic rings. The fourth-order valence-electron chi connectivity index (χ4n) is 4.31. The SMILES string of the molecule is [N-]=[N+]=NCC1CCCN(c2cc3c(cc2F)C(=O)N(C2CCC(=O)NC2=O)C3=O)C1. The van der Waals surface area contributed by atoms with Crippen LogP contribution < -0.4 is 10.2 Å². The molecule has 2 saturated heterocycles. The number of nitrogens with one attached hydrogen (secondary N) is 1. The Hall–Kier alpha value is -3.46. The van der Waals surface area contributed by atoms with Crippen LogP contribution in [0.15, 0.2) is 17.2 Å². The van der Waals surface area contributed by atoms with Crippen LogP contribution in [0.3, 0.4) is 0 Å². The van der Waals surface area contributed by atoms with Gasteiger partial charge in [0.1, 0.15) is 11.9 Å². The molecule has 4 amide bonds. The van der Waals surface area contributed by atoms with Crippen LogP contribution >= 0.6 is 0 Å². The summed E-state index contributed by atoms with van der Waals surface area (Å²) in [7, 11) is 0. The van der Waals surface area contributed by atoms with Gasteiger partial charge in [-0.05, 0) is 42.8 Å². The lowest BCUT2D eigenvalue weighted by molar-refractivity contribution is -0.136. The van der Waals surface area contributed by atoms with Crippen LogP contribution in [-0.2, 0) is 9.59 Å². The largest absolute Gasteiger partial charge is 0.369 e. The number of carbonyl (C=O) groups excluding carboxylic acids is 4. The Morgan fingerprint density at radius 2 is 1.90 bits per heavy atom. The lowest BCUT2D eigenvalue weighted by atomic mass is 9.97. The van der Waals surface area contributed by atoms with E-state index in [-0.39, 0.29) is 35.6 Å². The molecule has 0 saturated carbocycles. The van der Waals surface area contributed by atoms with Crippen molar-refractivity contribution in [3.63, 3.8) is 0 Å². The molecule has 30 heavy (non-hydrogen) atoms. The van der Waals surface area contributed by atoms with E-state index in [0.717, 1.165) is 23.8 Å². The van der Waals surface area contributed by atoms with Crippen LogP contribution in [0.4, 0.5) is 10.1 Å². The summed E-state index contributed by atoms with van der Waals surface area (Å²) < 4.78 is 14.9. The summed E-state index contributed by atoms with van der Waals surface area (Å²) in [6.07, 6.45) is 1.68. The standard InChI is InChI=1S/C19H19FN6O4/c20-13-6-11-12(7-15(13)25-5-1-2-10(9-25)8-22-24-21)19(30)26(18(11)29)14-3-4-16(27)23-17(14)28/h6-7,10,14H,1-5,8-9H2,(H,23,27,28). The van der Waals surface area contributed by atoms with Crippen molar-refractivity contribution in [2.24, 2.45) is 11.0 Å². The molecule has 1 N–H and O–H groups in total. The highest BCUT2D eigenvalue weighted by atomic mass is 19.1. The van der Waals surface area contributed by atoms with E-state index >= 15 is 0 Å². The van der Waals surface area contributed by atoms with Crippen molar-refractivity contribution in [3.8, 4) is 0 Å². The highest BCUT2D eigenvalue weighted by Crippen LogP contribution is 2.34. The average molecular weight is 414 g/mol. The number of azide groups is 1. The first kappa shape index (κ1) is 19.8. The second-order valence-electron chi connectivity index (χ2n) is 7.66. The Morgan fingerprint density at radius 3 is 2.60 bits per heavy atom. The van der Waals surface area contributed by atoms with Crippen molar-refractivity contribution < 1.29 is 23.6 Å². The molecule has 11 heteroatoms. The quantitative estimate of drug-likeness (QED) is 0.346. The predicted octanol–water partition coefficient (Wildman–Crippen LogP) is 1.75. The average Bonchev–Trinajstić information content (AvgIpc) is 2.96. The van der Waals surface area contributed by atoms with Crippen molar-refractivity contribution in [1.82, 2.24) is 10.2 Å². The monoisotopic (exact) mass is 414 g/mol. The van der Waals surface area contributed by atoms with Gasteiger partial charge in [0.25, 0.3) is 11.8 Å².